The molecule has 0 aliphatic rings. The third-order valence-electron chi connectivity index (χ3n) is 1.21. The first-order valence-electron chi connectivity index (χ1n) is 3.42. The topological polar surface area (TPSA) is 0 Å². The zero-order chi connectivity index (χ0) is 7.28. The van der Waals surface area contributed by atoms with E-state index in [1.54, 1.807) is 0 Å². The molecular weight excluding hydrogens is 276 g/mol. The van der Waals surface area contributed by atoms with Gasteiger partial charge in [-0.25, -0.2) is 0 Å². The Morgan fingerprint density at radius 2 is 1.00 bits per heavy atom. The van der Waals surface area contributed by atoms with Gasteiger partial charge in [-0.15, -0.1) is 15.8 Å². The first kappa shape index (κ1) is 23.6. The molecule has 0 spiro atoms. The van der Waals surface area contributed by atoms with Crippen molar-refractivity contribution in [3.63, 3.8) is 0 Å². The third-order valence-corrected chi connectivity index (χ3v) is 3.63. The molecule has 0 unspecified atom stereocenters. The van der Waals surface area contributed by atoms with Crippen molar-refractivity contribution < 1.29 is 41.3 Å². The number of hydrogen-bond acceptors (Lipinski definition) is 0. The van der Waals surface area contributed by atoms with Crippen LogP contribution in [0.2, 0.25) is 0 Å². The second-order valence-electron chi connectivity index (χ2n) is 2.96. The summed E-state index contributed by atoms with van der Waals surface area (Å²) in [6.07, 6.45) is 4.43. The molecule has 5 heteroatoms. The van der Waals surface area contributed by atoms with E-state index < -0.39 is 0 Å². The predicted octanol–water partition coefficient (Wildman–Crippen LogP) is -3.13. The van der Waals surface area contributed by atoms with Gasteiger partial charge >= 0.3 is 16.5 Å². The molecule has 0 nitrogen and oxygen atoms in total. The van der Waals surface area contributed by atoms with E-state index >= 15 is 0 Å². The molecule has 12 heavy (non-hydrogen) atoms. The molecule has 0 heterocycles. The van der Waals surface area contributed by atoms with Crippen LogP contribution in [0, 0.1) is 0 Å². The Morgan fingerprint density at radius 3 is 1.17 bits per heavy atom. The monoisotopic (exact) mass is 292 g/mol. The molecule has 0 aromatic carbocycles. The average molecular weight is 294 g/mol. The summed E-state index contributed by atoms with van der Waals surface area (Å²) >= 11 is 0. The summed E-state index contributed by atoms with van der Waals surface area (Å²) in [5.74, 6) is 0. The summed E-state index contributed by atoms with van der Waals surface area (Å²) in [7, 11) is 0.758. The molecule has 0 aliphatic heterocycles. The SMILES string of the molecule is CP(C)CCCP(C)C.[Cl-].[Cl-].[Ni+2]. The molecule has 0 amide bonds. The molecular formula is C7H18Cl2NiP2. The van der Waals surface area contributed by atoms with E-state index in [2.05, 4.69) is 26.7 Å². The van der Waals surface area contributed by atoms with E-state index in [9.17, 15) is 0 Å². The zero-order valence-electron chi connectivity index (χ0n) is 8.09. The summed E-state index contributed by atoms with van der Waals surface area (Å²) in [4.78, 5) is 0. The molecule has 0 fully saturated rings. The summed E-state index contributed by atoms with van der Waals surface area (Å²) in [6.45, 7) is 9.46. The maximum Gasteiger partial charge on any atom is 2.00 e. The van der Waals surface area contributed by atoms with Crippen molar-refractivity contribution in [1.82, 2.24) is 0 Å². The minimum atomic E-state index is 0. The van der Waals surface area contributed by atoms with Gasteiger partial charge in [0.2, 0.25) is 0 Å². The van der Waals surface area contributed by atoms with Gasteiger partial charge < -0.3 is 24.8 Å². The van der Waals surface area contributed by atoms with Crippen LogP contribution in [0.15, 0.2) is 0 Å². The van der Waals surface area contributed by atoms with Gasteiger partial charge in [-0.2, -0.15) is 0 Å². The Morgan fingerprint density at radius 1 is 0.750 bits per heavy atom. The molecule has 0 rings (SSSR count). The molecule has 0 aliphatic carbocycles. The number of rotatable bonds is 4. The van der Waals surface area contributed by atoms with Crippen molar-refractivity contribution in [2.75, 3.05) is 39.0 Å². The van der Waals surface area contributed by atoms with E-state index in [0.29, 0.717) is 15.8 Å². The van der Waals surface area contributed by atoms with Crippen LogP contribution in [0.25, 0.3) is 0 Å². The average Bonchev–Trinajstić information content (AvgIpc) is 1.63. The summed E-state index contributed by atoms with van der Waals surface area (Å²) < 4.78 is 0. The molecule has 0 aromatic heterocycles. The fourth-order valence-electron chi connectivity index (χ4n) is 0.703. The summed E-state index contributed by atoms with van der Waals surface area (Å²) in [5, 5.41) is 0. The van der Waals surface area contributed by atoms with Gasteiger partial charge in [0.05, 0.1) is 0 Å². The maximum atomic E-state index is 2.36. The van der Waals surface area contributed by atoms with Crippen molar-refractivity contribution in [2.24, 2.45) is 0 Å². The van der Waals surface area contributed by atoms with Crippen LogP contribution in [0.3, 0.4) is 0 Å². The van der Waals surface area contributed by atoms with Gasteiger partial charge in [0, 0.05) is 0 Å². The Bertz CT molecular complexity index is 64.4. The Balaban J connectivity index is -0.000000107. The van der Waals surface area contributed by atoms with Gasteiger partial charge in [-0.1, -0.05) is 0 Å². The standard InChI is InChI=1S/C7H18P2.2ClH.Ni/c1-8(2)6-5-7-9(3)4;;;/h5-7H2,1-4H3;2*1H;/q;;;+2/p-2. The molecule has 80 valence electrons. The van der Waals surface area contributed by atoms with Crippen molar-refractivity contribution >= 4 is 15.8 Å². The minimum absolute atomic E-state index is 0. The zero-order valence-corrected chi connectivity index (χ0v) is 12.4. The first-order valence-corrected chi connectivity index (χ1v) is 8.26. The number of halogens is 2. The second kappa shape index (κ2) is 15.4. The van der Waals surface area contributed by atoms with E-state index in [-0.39, 0.29) is 41.3 Å². The van der Waals surface area contributed by atoms with Gasteiger partial charge in [0.15, 0.2) is 0 Å². The largest absolute Gasteiger partial charge is 2.00 e. The Hall–Kier alpha value is 1.93. The van der Waals surface area contributed by atoms with Crippen molar-refractivity contribution in [1.29, 1.82) is 0 Å². The van der Waals surface area contributed by atoms with Gasteiger partial charge in [-0.3, -0.25) is 0 Å². The smallest absolute Gasteiger partial charge is 1.00 e. The van der Waals surface area contributed by atoms with Crippen molar-refractivity contribution in [3.8, 4) is 0 Å². The van der Waals surface area contributed by atoms with Gasteiger partial charge in [-0.05, 0) is 45.4 Å². The second-order valence-corrected chi connectivity index (χ2v) is 8.17. The first-order chi connectivity index (χ1) is 4.13. The summed E-state index contributed by atoms with van der Waals surface area (Å²) in [5.41, 5.74) is 0. The molecule has 0 saturated heterocycles. The fourth-order valence-corrected chi connectivity index (χ4v) is 2.53. The van der Waals surface area contributed by atoms with Gasteiger partial charge in [0.1, 0.15) is 0 Å². The van der Waals surface area contributed by atoms with Crippen molar-refractivity contribution in [2.45, 2.75) is 6.42 Å². The molecule has 0 N–H and O–H groups in total. The maximum absolute atomic E-state index is 2.36. The van der Waals surface area contributed by atoms with Crippen LogP contribution in [0.5, 0.6) is 0 Å². The third kappa shape index (κ3) is 22.7. The van der Waals surface area contributed by atoms with E-state index in [1.165, 1.54) is 18.7 Å². The molecule has 0 radical (unpaired) electrons. The molecule has 0 bridgehead atoms. The summed E-state index contributed by atoms with van der Waals surface area (Å²) in [6, 6.07) is 0. The fraction of sp³-hybridized carbons (Fsp3) is 1.00. The molecule has 0 saturated carbocycles. The molecule has 0 atom stereocenters. The van der Waals surface area contributed by atoms with Crippen LogP contribution >= 0.6 is 15.8 Å². The molecule has 0 aromatic rings. The van der Waals surface area contributed by atoms with E-state index in [4.69, 9.17) is 0 Å². The van der Waals surface area contributed by atoms with Crippen LogP contribution in [-0.4, -0.2) is 39.0 Å². The van der Waals surface area contributed by atoms with Crippen molar-refractivity contribution in [3.05, 3.63) is 0 Å². The van der Waals surface area contributed by atoms with E-state index in [1.807, 2.05) is 0 Å². The quantitative estimate of drug-likeness (QED) is 0.380. The van der Waals surface area contributed by atoms with Crippen LogP contribution in [-0.2, 0) is 16.5 Å². The number of hydrogen-bond donors (Lipinski definition) is 0. The van der Waals surface area contributed by atoms with Crippen LogP contribution in [0.4, 0.5) is 0 Å². The Labute approximate surface area is 102 Å². The van der Waals surface area contributed by atoms with Crippen LogP contribution in [0.1, 0.15) is 6.42 Å². The van der Waals surface area contributed by atoms with Crippen LogP contribution < -0.4 is 24.8 Å². The minimum Gasteiger partial charge on any atom is -1.00 e. The van der Waals surface area contributed by atoms with Gasteiger partial charge in [0.25, 0.3) is 0 Å². The normalized spacial score (nSPS) is 8.50. The van der Waals surface area contributed by atoms with E-state index in [0.717, 1.165) is 0 Å². The predicted molar refractivity (Wildman–Crippen MR) is 51.9 cm³/mol. The Kier molecular flexibility index (Phi) is 30.3.